The topological polar surface area (TPSA) is 98.1 Å². The quantitative estimate of drug-likeness (QED) is 0.518. The molecule has 2 aliphatic rings. The van der Waals surface area contributed by atoms with Crippen molar-refractivity contribution in [2.75, 3.05) is 14.2 Å². The molecule has 0 radical (unpaired) electrons. The number of hydrogen-bond acceptors (Lipinski definition) is 7. The number of carbonyl (C=O) groups is 1. The number of pyridine rings is 1. The van der Waals surface area contributed by atoms with Crippen LogP contribution in [0.25, 0.3) is 0 Å². The highest BCUT2D eigenvalue weighted by atomic mass is 79.9. The van der Waals surface area contributed by atoms with Crippen molar-refractivity contribution >= 4 is 21.9 Å². The van der Waals surface area contributed by atoms with Crippen molar-refractivity contribution in [2.45, 2.75) is 23.2 Å². The number of aromatic nitrogens is 1. The summed E-state index contributed by atoms with van der Waals surface area (Å²) >= 11 is 3.45. The van der Waals surface area contributed by atoms with Crippen molar-refractivity contribution in [3.8, 4) is 11.5 Å². The summed E-state index contributed by atoms with van der Waals surface area (Å²) in [5.74, 6) is -2.01. The van der Waals surface area contributed by atoms with Crippen LogP contribution in [0.3, 0.4) is 0 Å². The van der Waals surface area contributed by atoms with E-state index in [-0.39, 0.29) is 17.1 Å². The molecule has 3 aromatic rings. The van der Waals surface area contributed by atoms with Gasteiger partial charge in [-0.1, -0.05) is 58.4 Å². The number of ether oxygens (including phenoxy) is 3. The number of halogens is 1. The van der Waals surface area contributed by atoms with Gasteiger partial charge in [0.05, 0.1) is 38.1 Å². The number of fused-ring (bicyclic) bond motifs is 3. The Kier molecular flexibility index (Phi) is 5.19. The number of aliphatic hydroxyl groups excluding tert-OH is 1. The first-order chi connectivity index (χ1) is 15.9. The lowest BCUT2D eigenvalue weighted by atomic mass is 9.70. The average molecular weight is 512 g/mol. The van der Waals surface area contributed by atoms with Crippen LogP contribution in [-0.2, 0) is 20.7 Å². The third kappa shape index (κ3) is 2.81. The average Bonchev–Trinajstić information content (AvgIpc) is 3.22. The number of nitrogens with zero attached hydrogens (tertiary/aromatic N) is 1. The molecular formula is C25H22BrNO6. The standard InChI is InChI=1S/C25H22BrNO6/c1-31-17-12-27-13-18-21(17)24(30)22(28)19(23(29)32-2)20(14-6-4-3-5-7-14)25(24,33-18)15-8-10-16(26)11-9-15/h3-13,19-20,22,28,30H,1-2H3/t19-,20+,22-,24+,25+/m1/s1. The van der Waals surface area contributed by atoms with E-state index in [9.17, 15) is 15.0 Å². The molecule has 170 valence electrons. The molecule has 7 nitrogen and oxygen atoms in total. The fraction of sp³-hybridized carbons (Fsp3) is 0.280. The Morgan fingerprint density at radius 3 is 2.42 bits per heavy atom. The van der Waals surface area contributed by atoms with E-state index in [1.165, 1.54) is 26.6 Å². The highest BCUT2D eigenvalue weighted by Gasteiger charge is 2.78. The van der Waals surface area contributed by atoms with Gasteiger partial charge in [0, 0.05) is 10.4 Å². The van der Waals surface area contributed by atoms with Gasteiger partial charge in [0.15, 0.2) is 11.2 Å². The van der Waals surface area contributed by atoms with Crippen LogP contribution < -0.4 is 9.47 Å². The smallest absolute Gasteiger partial charge is 0.312 e. The Labute approximate surface area is 199 Å². The largest absolute Gasteiger partial charge is 0.495 e. The van der Waals surface area contributed by atoms with Crippen LogP contribution in [0.2, 0.25) is 0 Å². The molecule has 5 atom stereocenters. The van der Waals surface area contributed by atoms with Crippen molar-refractivity contribution in [1.29, 1.82) is 0 Å². The zero-order valence-corrected chi connectivity index (χ0v) is 19.5. The minimum absolute atomic E-state index is 0.253. The predicted octanol–water partition coefficient (Wildman–Crippen LogP) is 3.28. The molecule has 1 aromatic heterocycles. The van der Waals surface area contributed by atoms with Crippen LogP contribution in [0.15, 0.2) is 71.5 Å². The number of hydrogen-bond donors (Lipinski definition) is 2. The molecule has 2 heterocycles. The summed E-state index contributed by atoms with van der Waals surface area (Å²) in [4.78, 5) is 17.3. The van der Waals surface area contributed by atoms with E-state index in [0.29, 0.717) is 11.1 Å². The van der Waals surface area contributed by atoms with Crippen LogP contribution in [-0.4, -0.2) is 41.5 Å². The van der Waals surface area contributed by atoms with Crippen molar-refractivity contribution < 1.29 is 29.2 Å². The first kappa shape index (κ1) is 21.9. The predicted molar refractivity (Wildman–Crippen MR) is 122 cm³/mol. The lowest BCUT2D eigenvalue weighted by Crippen LogP contribution is -2.52. The molecular weight excluding hydrogens is 490 g/mol. The van der Waals surface area contributed by atoms with Gasteiger partial charge in [0.25, 0.3) is 0 Å². The molecule has 8 heteroatoms. The van der Waals surface area contributed by atoms with Gasteiger partial charge < -0.3 is 24.4 Å². The third-order valence-electron chi connectivity index (χ3n) is 6.79. The molecule has 0 saturated heterocycles. The second kappa shape index (κ2) is 7.83. The van der Waals surface area contributed by atoms with E-state index >= 15 is 0 Å². The van der Waals surface area contributed by atoms with Gasteiger partial charge >= 0.3 is 5.97 Å². The summed E-state index contributed by atoms with van der Waals surface area (Å²) in [5, 5.41) is 24.2. The summed E-state index contributed by atoms with van der Waals surface area (Å²) < 4.78 is 18.0. The number of benzene rings is 2. The van der Waals surface area contributed by atoms with Crippen molar-refractivity contribution in [3.63, 3.8) is 0 Å². The minimum Gasteiger partial charge on any atom is -0.495 e. The van der Waals surface area contributed by atoms with Crippen LogP contribution >= 0.6 is 15.9 Å². The molecule has 1 aliphatic carbocycles. The first-order valence-electron chi connectivity index (χ1n) is 10.4. The molecule has 1 aliphatic heterocycles. The van der Waals surface area contributed by atoms with Gasteiger partial charge in [-0.25, -0.2) is 0 Å². The van der Waals surface area contributed by atoms with Gasteiger partial charge in [-0.2, -0.15) is 0 Å². The van der Waals surface area contributed by atoms with Crippen LogP contribution in [0.1, 0.15) is 22.6 Å². The van der Waals surface area contributed by atoms with E-state index in [1.807, 2.05) is 54.6 Å². The van der Waals surface area contributed by atoms with Gasteiger partial charge in [0.2, 0.25) is 0 Å². The second-order valence-corrected chi connectivity index (χ2v) is 9.12. The Bertz CT molecular complexity index is 1200. The van der Waals surface area contributed by atoms with Crippen molar-refractivity contribution in [2.24, 2.45) is 5.92 Å². The maximum Gasteiger partial charge on any atom is 0.312 e. The zero-order valence-electron chi connectivity index (χ0n) is 17.9. The Hall–Kier alpha value is -2.94. The lowest BCUT2D eigenvalue weighted by Gasteiger charge is -2.40. The maximum atomic E-state index is 13.1. The van der Waals surface area contributed by atoms with Crippen LogP contribution in [0.5, 0.6) is 11.5 Å². The molecule has 0 spiro atoms. The van der Waals surface area contributed by atoms with Gasteiger partial charge in [-0.15, -0.1) is 0 Å². The van der Waals surface area contributed by atoms with Crippen molar-refractivity contribution in [1.82, 2.24) is 4.98 Å². The highest BCUT2D eigenvalue weighted by Crippen LogP contribution is 2.69. The maximum absolute atomic E-state index is 13.1. The van der Waals surface area contributed by atoms with E-state index < -0.39 is 35.1 Å². The molecule has 33 heavy (non-hydrogen) atoms. The van der Waals surface area contributed by atoms with Crippen LogP contribution in [0, 0.1) is 5.92 Å². The number of rotatable bonds is 4. The fourth-order valence-corrected chi connectivity index (χ4v) is 5.75. The molecule has 1 saturated carbocycles. The zero-order chi connectivity index (χ0) is 23.4. The summed E-state index contributed by atoms with van der Waals surface area (Å²) in [6, 6.07) is 16.5. The SMILES string of the molecule is COC(=O)[C@H]1[C@@H](O)[C@@]2(O)c3c(OC)cncc3O[C@@]2(c2ccc(Br)cc2)[C@H]1c1ccccc1. The summed E-state index contributed by atoms with van der Waals surface area (Å²) in [6.45, 7) is 0. The minimum atomic E-state index is -2.04. The molecule has 5 rings (SSSR count). The van der Waals surface area contributed by atoms with E-state index in [1.54, 1.807) is 0 Å². The fourth-order valence-electron chi connectivity index (χ4n) is 5.49. The molecule has 0 bridgehead atoms. The van der Waals surface area contributed by atoms with Gasteiger partial charge in [-0.3, -0.25) is 9.78 Å². The van der Waals surface area contributed by atoms with E-state index in [2.05, 4.69) is 20.9 Å². The Balaban J connectivity index is 1.89. The molecule has 2 aromatic carbocycles. The Morgan fingerprint density at radius 1 is 1.09 bits per heavy atom. The summed E-state index contributed by atoms with van der Waals surface area (Å²) in [7, 11) is 2.72. The highest BCUT2D eigenvalue weighted by molar-refractivity contribution is 9.10. The summed E-state index contributed by atoms with van der Waals surface area (Å²) in [6.07, 6.45) is 1.38. The number of esters is 1. The lowest BCUT2D eigenvalue weighted by molar-refractivity contribution is -0.161. The summed E-state index contributed by atoms with van der Waals surface area (Å²) in [5.41, 5.74) is -2.05. The number of carbonyl (C=O) groups excluding carboxylic acids is 1. The second-order valence-electron chi connectivity index (χ2n) is 8.21. The van der Waals surface area contributed by atoms with E-state index in [0.717, 1.165) is 4.47 Å². The van der Waals surface area contributed by atoms with E-state index in [4.69, 9.17) is 14.2 Å². The van der Waals surface area contributed by atoms with Crippen LogP contribution in [0.4, 0.5) is 0 Å². The molecule has 0 unspecified atom stereocenters. The molecule has 0 amide bonds. The normalized spacial score (nSPS) is 29.7. The third-order valence-corrected chi connectivity index (χ3v) is 7.31. The monoisotopic (exact) mass is 511 g/mol. The van der Waals surface area contributed by atoms with Gasteiger partial charge in [-0.05, 0) is 23.3 Å². The first-order valence-corrected chi connectivity index (χ1v) is 11.2. The molecule has 1 fully saturated rings. The molecule has 2 N–H and O–H groups in total. The Morgan fingerprint density at radius 2 is 1.79 bits per heavy atom. The van der Waals surface area contributed by atoms with Gasteiger partial charge in [0.1, 0.15) is 17.6 Å². The number of methoxy groups -OCH3 is 2. The van der Waals surface area contributed by atoms with Crippen molar-refractivity contribution in [3.05, 3.63) is 88.2 Å². The number of aliphatic hydroxyl groups is 2.